The number of nitrogens with one attached hydrogen (secondary N) is 1. The lowest BCUT2D eigenvalue weighted by molar-refractivity contribution is -0.120. The quantitative estimate of drug-likeness (QED) is 0.252. The third-order valence-electron chi connectivity index (χ3n) is 5.80. The van der Waals surface area contributed by atoms with E-state index in [9.17, 15) is 9.59 Å². The molecule has 2 rings (SSSR count). The first-order valence-electron chi connectivity index (χ1n) is 11.9. The maximum absolute atomic E-state index is 11.8. The van der Waals surface area contributed by atoms with Crippen molar-refractivity contribution in [2.75, 3.05) is 66.0 Å². The monoisotopic (exact) mass is 453 g/mol. The number of amides is 1. The summed E-state index contributed by atoms with van der Waals surface area (Å²) in [7, 11) is 0. The van der Waals surface area contributed by atoms with Crippen molar-refractivity contribution in [3.63, 3.8) is 0 Å². The highest BCUT2D eigenvalue weighted by Gasteiger charge is 2.49. The van der Waals surface area contributed by atoms with Gasteiger partial charge in [-0.15, -0.1) is 11.8 Å². The smallest absolute Gasteiger partial charge is 0.407 e. The molecule has 8 heteroatoms. The molecular weight excluding hydrogens is 414 g/mol. The number of fused-ring (bicyclic) bond motifs is 1. The molecule has 0 aromatic heterocycles. The van der Waals surface area contributed by atoms with E-state index in [2.05, 4.69) is 17.2 Å². The summed E-state index contributed by atoms with van der Waals surface area (Å²) in [6.07, 6.45) is 4.85. The fourth-order valence-electron chi connectivity index (χ4n) is 3.86. The van der Waals surface area contributed by atoms with Gasteiger partial charge in [-0.25, -0.2) is 4.79 Å². The minimum atomic E-state index is -0.376. The summed E-state index contributed by atoms with van der Waals surface area (Å²) < 4.78 is 26.9. The molecule has 1 amide bonds. The Kier molecular flexibility index (Phi) is 14.0. The Labute approximate surface area is 192 Å². The third-order valence-corrected chi connectivity index (χ3v) is 5.80. The van der Waals surface area contributed by atoms with Crippen molar-refractivity contribution in [2.45, 2.75) is 45.4 Å². The summed E-state index contributed by atoms with van der Waals surface area (Å²) in [6, 6.07) is 0. The molecule has 0 radical (unpaired) electrons. The lowest BCUT2D eigenvalue weighted by Crippen LogP contribution is -2.29. The molecule has 0 aromatic rings. The molecule has 0 heterocycles. The molecule has 1 fully saturated rings. The summed E-state index contributed by atoms with van der Waals surface area (Å²) in [6.45, 7) is 6.49. The summed E-state index contributed by atoms with van der Waals surface area (Å²) in [4.78, 5) is 22.9. The molecule has 1 N–H and O–H groups in total. The zero-order valence-electron chi connectivity index (χ0n) is 19.4. The average molecular weight is 454 g/mol. The second kappa shape index (κ2) is 16.9. The van der Waals surface area contributed by atoms with Gasteiger partial charge < -0.3 is 29.0 Å². The van der Waals surface area contributed by atoms with Crippen LogP contribution in [0.1, 0.15) is 45.4 Å². The van der Waals surface area contributed by atoms with Crippen LogP contribution in [-0.2, 0) is 28.5 Å². The number of carbonyl (C=O) groups is 2. The first-order chi connectivity index (χ1) is 15.7. The molecule has 2 unspecified atom stereocenters. The van der Waals surface area contributed by atoms with E-state index >= 15 is 0 Å². The van der Waals surface area contributed by atoms with Crippen molar-refractivity contribution in [3.05, 3.63) is 0 Å². The highest BCUT2D eigenvalue weighted by Crippen LogP contribution is 2.52. The Morgan fingerprint density at radius 3 is 1.91 bits per heavy atom. The van der Waals surface area contributed by atoms with Crippen LogP contribution in [-0.4, -0.2) is 77.9 Å². The van der Waals surface area contributed by atoms with Crippen LogP contribution >= 0.6 is 0 Å². The van der Waals surface area contributed by atoms with Crippen molar-refractivity contribution in [2.24, 2.45) is 17.8 Å². The Morgan fingerprint density at radius 2 is 1.34 bits per heavy atom. The molecule has 2 aliphatic carbocycles. The largest absolute Gasteiger partial charge is 0.449 e. The van der Waals surface area contributed by atoms with Gasteiger partial charge in [-0.1, -0.05) is 6.92 Å². The molecule has 0 saturated heterocycles. The molecule has 32 heavy (non-hydrogen) atoms. The van der Waals surface area contributed by atoms with Gasteiger partial charge in [0.25, 0.3) is 0 Å². The van der Waals surface area contributed by atoms with E-state index in [1.54, 1.807) is 0 Å². The Hall–Kier alpha value is -1.66. The van der Waals surface area contributed by atoms with Crippen LogP contribution in [0.4, 0.5) is 4.79 Å². The number of Topliss-reactive ketones (excluding diaryl/α,β-unsaturated/α-hetero) is 1. The predicted octanol–water partition coefficient (Wildman–Crippen LogP) is 2.59. The van der Waals surface area contributed by atoms with Gasteiger partial charge >= 0.3 is 6.09 Å². The average Bonchev–Trinajstić information content (AvgIpc) is 3.43. The lowest BCUT2D eigenvalue weighted by Gasteiger charge is -2.09. The molecule has 182 valence electrons. The van der Waals surface area contributed by atoms with E-state index in [4.69, 9.17) is 23.7 Å². The third kappa shape index (κ3) is 11.8. The second-order valence-electron chi connectivity index (χ2n) is 8.04. The maximum Gasteiger partial charge on any atom is 0.407 e. The van der Waals surface area contributed by atoms with Crippen molar-refractivity contribution in [1.29, 1.82) is 0 Å². The van der Waals surface area contributed by atoms with E-state index < -0.39 is 0 Å². The maximum atomic E-state index is 11.8. The number of ether oxygens (including phenoxy) is 5. The predicted molar refractivity (Wildman–Crippen MR) is 119 cm³/mol. The number of rotatable bonds is 18. The van der Waals surface area contributed by atoms with E-state index in [0.717, 1.165) is 25.7 Å². The zero-order chi connectivity index (χ0) is 22.9. The summed E-state index contributed by atoms with van der Waals surface area (Å²) in [5.74, 6) is 8.46. The van der Waals surface area contributed by atoms with Crippen LogP contribution in [0.3, 0.4) is 0 Å². The summed E-state index contributed by atoms with van der Waals surface area (Å²) in [5, 5.41) is 2.72. The second-order valence-corrected chi connectivity index (χ2v) is 8.04. The van der Waals surface area contributed by atoms with Gasteiger partial charge in [-0.2, -0.15) is 0 Å². The zero-order valence-corrected chi connectivity index (χ0v) is 19.4. The molecule has 0 spiro atoms. The normalized spacial score (nSPS) is 21.5. The Morgan fingerprint density at radius 1 is 0.812 bits per heavy atom. The van der Waals surface area contributed by atoms with E-state index in [1.165, 1.54) is 0 Å². The highest BCUT2D eigenvalue weighted by atomic mass is 16.6. The van der Waals surface area contributed by atoms with Crippen LogP contribution in [0.2, 0.25) is 0 Å². The Bertz CT molecular complexity index is 583. The first-order valence-corrected chi connectivity index (χ1v) is 11.9. The van der Waals surface area contributed by atoms with Gasteiger partial charge in [-0.05, 0) is 30.6 Å². The van der Waals surface area contributed by atoms with Crippen LogP contribution in [0.15, 0.2) is 0 Å². The minimum Gasteiger partial charge on any atom is -0.449 e. The first kappa shape index (κ1) is 26.6. The molecule has 2 atom stereocenters. The van der Waals surface area contributed by atoms with Gasteiger partial charge in [0.2, 0.25) is 0 Å². The van der Waals surface area contributed by atoms with Crippen molar-refractivity contribution in [1.82, 2.24) is 5.32 Å². The van der Waals surface area contributed by atoms with Crippen LogP contribution in [0.25, 0.3) is 0 Å². The molecular formula is C24H39NO7. The Balaban J connectivity index is 1.28. The van der Waals surface area contributed by atoms with Gasteiger partial charge in [0.15, 0.2) is 0 Å². The van der Waals surface area contributed by atoms with E-state index in [0.29, 0.717) is 96.6 Å². The molecule has 0 aliphatic heterocycles. The fourth-order valence-corrected chi connectivity index (χ4v) is 3.86. The molecule has 8 nitrogen and oxygen atoms in total. The van der Waals surface area contributed by atoms with Crippen LogP contribution in [0.5, 0.6) is 0 Å². The van der Waals surface area contributed by atoms with Crippen molar-refractivity contribution >= 4 is 11.9 Å². The standard InChI is InChI=1S/C24H39NO7/c1-2-20(26)9-11-28-13-15-30-17-18-31-16-14-29-12-10-25-24(27)32-19-23-21-7-5-3-4-6-8-22(21)23/h21-23H,2,5-19H2,1H3,(H,25,27). The van der Waals surface area contributed by atoms with Crippen molar-refractivity contribution in [3.8, 4) is 11.8 Å². The summed E-state index contributed by atoms with van der Waals surface area (Å²) in [5.41, 5.74) is 0. The molecule has 2 aliphatic rings. The van der Waals surface area contributed by atoms with Gasteiger partial charge in [0.1, 0.15) is 5.78 Å². The van der Waals surface area contributed by atoms with Gasteiger partial charge in [-0.3, -0.25) is 4.79 Å². The molecule has 0 bridgehead atoms. The summed E-state index contributed by atoms with van der Waals surface area (Å²) >= 11 is 0. The van der Waals surface area contributed by atoms with Crippen LogP contribution < -0.4 is 5.32 Å². The highest BCUT2D eigenvalue weighted by molar-refractivity contribution is 5.78. The number of carbonyl (C=O) groups excluding carboxylic acids is 2. The molecule has 1 saturated carbocycles. The number of hydrogen-bond acceptors (Lipinski definition) is 7. The van der Waals surface area contributed by atoms with E-state index in [-0.39, 0.29) is 11.9 Å². The van der Waals surface area contributed by atoms with E-state index in [1.807, 2.05) is 6.92 Å². The lowest BCUT2D eigenvalue weighted by atomic mass is 10.1. The van der Waals surface area contributed by atoms with Gasteiger partial charge in [0, 0.05) is 32.2 Å². The molecule has 0 aromatic carbocycles. The van der Waals surface area contributed by atoms with Crippen LogP contribution in [0, 0.1) is 29.6 Å². The topological polar surface area (TPSA) is 92.3 Å². The van der Waals surface area contributed by atoms with Crippen molar-refractivity contribution < 1.29 is 33.3 Å². The number of hydrogen-bond donors (Lipinski definition) is 1. The SMILES string of the molecule is CCC(=O)CCOCCOCCOCCOCCNC(=O)OCC1C2CCC#CCCC21. The fraction of sp³-hybridized carbons (Fsp3) is 0.833. The number of alkyl carbamates (subject to hydrolysis) is 1. The van der Waals surface area contributed by atoms with Gasteiger partial charge in [0.05, 0.1) is 59.5 Å². The number of ketones is 1. The minimum absolute atomic E-state index is 0.213.